The molecular weight excluding hydrogens is 174 g/mol. The van der Waals surface area contributed by atoms with Crippen molar-refractivity contribution in [3.8, 4) is 5.75 Å². The van der Waals surface area contributed by atoms with Crippen LogP contribution in [0, 0.1) is 0 Å². The molecule has 0 radical (unpaired) electrons. The quantitative estimate of drug-likeness (QED) is 0.793. The number of nitrogens with two attached hydrogens (primary N) is 1. The lowest BCUT2D eigenvalue weighted by Crippen LogP contribution is -2.09. The highest BCUT2D eigenvalue weighted by Crippen LogP contribution is 2.12. The predicted octanol–water partition coefficient (Wildman–Crippen LogP) is 2.45. The second kappa shape index (κ2) is 5.45. The molecule has 0 aromatic heterocycles. The second-order valence-electron chi connectivity index (χ2n) is 3.22. The highest BCUT2D eigenvalue weighted by Gasteiger charge is 1.91. The van der Waals surface area contributed by atoms with Crippen molar-refractivity contribution in [2.45, 2.75) is 19.9 Å². The first-order chi connectivity index (χ1) is 6.72. The maximum absolute atomic E-state index is 5.61. The lowest BCUT2D eigenvalue weighted by molar-refractivity contribution is 0.340. The van der Waals surface area contributed by atoms with Crippen LogP contribution in [0.15, 0.2) is 30.3 Å². The molecule has 1 rings (SSSR count). The topological polar surface area (TPSA) is 35.2 Å². The fourth-order valence-electron chi connectivity index (χ4n) is 1.10. The summed E-state index contributed by atoms with van der Waals surface area (Å²) in [5.41, 5.74) is 6.75. The molecule has 0 saturated heterocycles. The third kappa shape index (κ3) is 3.62. The highest BCUT2D eigenvalue weighted by atomic mass is 16.5. The minimum Gasteiger partial charge on any atom is -0.494 e. The van der Waals surface area contributed by atoms with E-state index in [9.17, 15) is 0 Å². The minimum atomic E-state index is 0.0987. The number of hydrogen-bond donors (Lipinski definition) is 1. The summed E-state index contributed by atoms with van der Waals surface area (Å²) in [5.74, 6) is 0.908. The lowest BCUT2D eigenvalue weighted by Gasteiger charge is -2.02. The zero-order valence-electron chi connectivity index (χ0n) is 8.73. The molecule has 1 aromatic carbocycles. The van der Waals surface area contributed by atoms with Gasteiger partial charge in [-0.25, -0.2) is 0 Å². The summed E-state index contributed by atoms with van der Waals surface area (Å²) in [4.78, 5) is 0. The first kappa shape index (κ1) is 10.8. The summed E-state index contributed by atoms with van der Waals surface area (Å²) in [7, 11) is 0. The van der Waals surface area contributed by atoms with Crippen LogP contribution in [0.25, 0.3) is 6.08 Å². The van der Waals surface area contributed by atoms with Gasteiger partial charge in [-0.3, -0.25) is 0 Å². The van der Waals surface area contributed by atoms with Crippen molar-refractivity contribution in [3.05, 3.63) is 35.9 Å². The van der Waals surface area contributed by atoms with E-state index in [1.54, 1.807) is 0 Å². The molecule has 1 atom stereocenters. The Balaban J connectivity index is 2.64. The Morgan fingerprint density at radius 2 is 2.00 bits per heavy atom. The van der Waals surface area contributed by atoms with Crippen LogP contribution in [-0.2, 0) is 0 Å². The van der Waals surface area contributed by atoms with Crippen LogP contribution in [0.1, 0.15) is 19.4 Å². The zero-order chi connectivity index (χ0) is 10.4. The SMILES string of the molecule is CCOc1ccc(/C=C/C(C)N)cc1. The fourth-order valence-corrected chi connectivity index (χ4v) is 1.10. The number of ether oxygens (including phenoxy) is 1. The molecule has 1 unspecified atom stereocenters. The van der Waals surface area contributed by atoms with E-state index >= 15 is 0 Å². The molecule has 0 saturated carbocycles. The van der Waals surface area contributed by atoms with Crippen LogP contribution in [0.3, 0.4) is 0 Å². The predicted molar refractivity (Wildman–Crippen MR) is 60.3 cm³/mol. The van der Waals surface area contributed by atoms with Crippen LogP contribution >= 0.6 is 0 Å². The van der Waals surface area contributed by atoms with Gasteiger partial charge in [0.15, 0.2) is 0 Å². The van der Waals surface area contributed by atoms with Gasteiger partial charge >= 0.3 is 0 Å². The van der Waals surface area contributed by atoms with Gasteiger partial charge in [0.05, 0.1) is 6.61 Å². The van der Waals surface area contributed by atoms with E-state index in [0.717, 1.165) is 11.3 Å². The third-order valence-electron chi connectivity index (χ3n) is 1.78. The van der Waals surface area contributed by atoms with E-state index in [0.29, 0.717) is 6.61 Å². The van der Waals surface area contributed by atoms with Crippen molar-refractivity contribution in [3.63, 3.8) is 0 Å². The largest absolute Gasteiger partial charge is 0.494 e. The summed E-state index contributed by atoms with van der Waals surface area (Å²) in [5, 5.41) is 0. The maximum Gasteiger partial charge on any atom is 0.119 e. The monoisotopic (exact) mass is 191 g/mol. The van der Waals surface area contributed by atoms with Gasteiger partial charge in [-0.2, -0.15) is 0 Å². The fraction of sp³-hybridized carbons (Fsp3) is 0.333. The standard InChI is InChI=1S/C12H17NO/c1-3-14-12-8-6-11(7-9-12)5-4-10(2)13/h4-10H,3,13H2,1-2H3/b5-4+. The Labute approximate surface area is 85.4 Å². The van der Waals surface area contributed by atoms with Crippen LogP contribution in [-0.4, -0.2) is 12.6 Å². The van der Waals surface area contributed by atoms with Gasteiger partial charge < -0.3 is 10.5 Å². The van der Waals surface area contributed by atoms with E-state index < -0.39 is 0 Å². The summed E-state index contributed by atoms with van der Waals surface area (Å²) >= 11 is 0. The van der Waals surface area contributed by atoms with Crippen molar-refractivity contribution in [1.29, 1.82) is 0 Å². The zero-order valence-corrected chi connectivity index (χ0v) is 8.73. The van der Waals surface area contributed by atoms with Gasteiger partial charge in [0, 0.05) is 6.04 Å². The van der Waals surface area contributed by atoms with Gasteiger partial charge in [-0.05, 0) is 31.5 Å². The summed E-state index contributed by atoms with van der Waals surface area (Å²) in [6.07, 6.45) is 3.98. The van der Waals surface area contributed by atoms with Crippen LogP contribution in [0.5, 0.6) is 5.75 Å². The normalized spacial score (nSPS) is 13.1. The van der Waals surface area contributed by atoms with E-state index in [2.05, 4.69) is 0 Å². The molecule has 2 heteroatoms. The molecule has 1 aromatic rings. The molecule has 0 bridgehead atoms. The summed E-state index contributed by atoms with van der Waals surface area (Å²) in [6.45, 7) is 4.63. The molecule has 0 spiro atoms. The van der Waals surface area contributed by atoms with Crippen molar-refractivity contribution >= 4 is 6.08 Å². The minimum absolute atomic E-state index is 0.0987. The molecule has 2 N–H and O–H groups in total. The van der Waals surface area contributed by atoms with Crippen molar-refractivity contribution in [1.82, 2.24) is 0 Å². The lowest BCUT2D eigenvalue weighted by atomic mass is 10.2. The summed E-state index contributed by atoms with van der Waals surface area (Å²) in [6, 6.07) is 8.06. The van der Waals surface area contributed by atoms with E-state index in [-0.39, 0.29) is 6.04 Å². The van der Waals surface area contributed by atoms with Crippen molar-refractivity contribution in [2.24, 2.45) is 5.73 Å². The van der Waals surface area contributed by atoms with Crippen molar-refractivity contribution < 1.29 is 4.74 Å². The molecule has 14 heavy (non-hydrogen) atoms. The number of hydrogen-bond acceptors (Lipinski definition) is 2. The van der Waals surface area contributed by atoms with Gasteiger partial charge in [0.1, 0.15) is 5.75 Å². The Morgan fingerprint density at radius 1 is 1.36 bits per heavy atom. The average molecular weight is 191 g/mol. The molecule has 2 nitrogen and oxygen atoms in total. The van der Waals surface area contributed by atoms with Crippen LogP contribution < -0.4 is 10.5 Å². The molecule has 0 heterocycles. The second-order valence-corrected chi connectivity index (χ2v) is 3.22. The van der Waals surface area contributed by atoms with E-state index in [1.807, 2.05) is 50.3 Å². The molecule has 0 aliphatic rings. The van der Waals surface area contributed by atoms with E-state index in [1.165, 1.54) is 0 Å². The van der Waals surface area contributed by atoms with E-state index in [4.69, 9.17) is 10.5 Å². The molecule has 0 amide bonds. The van der Waals surface area contributed by atoms with Crippen molar-refractivity contribution in [2.75, 3.05) is 6.61 Å². The van der Waals surface area contributed by atoms with Crippen LogP contribution in [0.4, 0.5) is 0 Å². The average Bonchev–Trinajstić information content (AvgIpc) is 2.17. The van der Waals surface area contributed by atoms with Gasteiger partial charge in [-0.15, -0.1) is 0 Å². The Morgan fingerprint density at radius 3 is 2.50 bits per heavy atom. The molecular formula is C12H17NO. The van der Waals surface area contributed by atoms with Gasteiger partial charge in [-0.1, -0.05) is 24.3 Å². The number of benzene rings is 1. The van der Waals surface area contributed by atoms with Crippen LogP contribution in [0.2, 0.25) is 0 Å². The maximum atomic E-state index is 5.61. The first-order valence-electron chi connectivity index (χ1n) is 4.89. The first-order valence-corrected chi connectivity index (χ1v) is 4.89. The van der Waals surface area contributed by atoms with Gasteiger partial charge in [0.2, 0.25) is 0 Å². The summed E-state index contributed by atoms with van der Waals surface area (Å²) < 4.78 is 5.34. The Hall–Kier alpha value is -1.28. The molecule has 0 aliphatic heterocycles. The molecule has 76 valence electrons. The van der Waals surface area contributed by atoms with Gasteiger partial charge in [0.25, 0.3) is 0 Å². The number of rotatable bonds is 4. The smallest absolute Gasteiger partial charge is 0.119 e. The Bertz CT molecular complexity index is 288. The Kier molecular flexibility index (Phi) is 4.20. The molecule has 0 aliphatic carbocycles. The molecule has 0 fully saturated rings. The highest BCUT2D eigenvalue weighted by molar-refractivity contribution is 5.51. The third-order valence-corrected chi connectivity index (χ3v) is 1.78.